The van der Waals surface area contributed by atoms with Crippen LogP contribution in [-0.4, -0.2) is 52.3 Å². The number of methoxy groups -OCH3 is 3. The fraction of sp³-hybridized carbons (Fsp3) is 0.387. The molecule has 40 heavy (non-hydrogen) atoms. The second kappa shape index (κ2) is 12.3. The summed E-state index contributed by atoms with van der Waals surface area (Å²) in [4.78, 5) is 41.2. The molecule has 0 radical (unpaired) electrons. The van der Waals surface area contributed by atoms with Gasteiger partial charge in [-0.2, -0.15) is 0 Å². The molecule has 2 aromatic carbocycles. The van der Waals surface area contributed by atoms with E-state index in [0.717, 1.165) is 5.56 Å². The maximum Gasteiger partial charge on any atom is 0.336 e. The summed E-state index contributed by atoms with van der Waals surface area (Å²) in [7, 11) is 4.49. The molecule has 0 amide bonds. The average Bonchev–Trinajstić information content (AvgIpc) is 2.96. The highest BCUT2D eigenvalue weighted by molar-refractivity contribution is 6.13. The monoisotopic (exact) mass is 549 g/mol. The van der Waals surface area contributed by atoms with Crippen molar-refractivity contribution in [1.29, 1.82) is 0 Å². The Morgan fingerprint density at radius 2 is 1.52 bits per heavy atom. The van der Waals surface area contributed by atoms with Crippen molar-refractivity contribution in [3.63, 3.8) is 0 Å². The highest BCUT2D eigenvalue weighted by Crippen LogP contribution is 2.50. The Balaban J connectivity index is 1.97. The summed E-state index contributed by atoms with van der Waals surface area (Å²) in [5, 5.41) is 3.31. The zero-order valence-electron chi connectivity index (χ0n) is 23.7. The number of hydrogen-bond donors (Lipinski definition) is 1. The van der Waals surface area contributed by atoms with Crippen molar-refractivity contribution in [2.45, 2.75) is 39.0 Å². The van der Waals surface area contributed by atoms with Crippen molar-refractivity contribution in [1.82, 2.24) is 5.32 Å². The Morgan fingerprint density at radius 3 is 2.08 bits per heavy atom. The predicted octanol–water partition coefficient (Wildman–Crippen LogP) is 4.43. The second-order valence-corrected chi connectivity index (χ2v) is 9.48. The number of dihydropyridines is 1. The van der Waals surface area contributed by atoms with E-state index in [9.17, 15) is 14.4 Å². The first-order valence-electron chi connectivity index (χ1n) is 13.2. The molecule has 0 aromatic heterocycles. The van der Waals surface area contributed by atoms with E-state index in [-0.39, 0.29) is 18.8 Å². The van der Waals surface area contributed by atoms with Gasteiger partial charge >= 0.3 is 11.9 Å². The number of rotatable bonds is 9. The van der Waals surface area contributed by atoms with Gasteiger partial charge in [-0.15, -0.1) is 0 Å². The SMILES string of the molecule is CCOC(=O)C1=C(C)NC2=C(C(=O)C(C(=O)OCC)C(c3ccccc3)C2)C1c1cc(OC)c(OC)c(OC)c1. The van der Waals surface area contributed by atoms with Gasteiger partial charge in [0.2, 0.25) is 5.75 Å². The number of hydrogen-bond acceptors (Lipinski definition) is 9. The zero-order chi connectivity index (χ0) is 29.0. The molecule has 4 rings (SSSR count). The third-order valence-electron chi connectivity index (χ3n) is 7.30. The Bertz CT molecular complexity index is 1340. The number of Topliss-reactive ketones (excluding diaryl/α,β-unsaturated/α-hetero) is 1. The maximum absolute atomic E-state index is 14.4. The number of carbonyl (C=O) groups excluding carboxylic acids is 3. The van der Waals surface area contributed by atoms with Gasteiger partial charge in [0, 0.05) is 28.8 Å². The van der Waals surface area contributed by atoms with Gasteiger partial charge in [-0.3, -0.25) is 9.59 Å². The van der Waals surface area contributed by atoms with Gasteiger partial charge in [-0.05, 0) is 50.5 Å². The number of esters is 2. The maximum atomic E-state index is 14.4. The van der Waals surface area contributed by atoms with Crippen LogP contribution in [0.2, 0.25) is 0 Å². The molecule has 1 aliphatic carbocycles. The molecule has 0 fully saturated rings. The summed E-state index contributed by atoms with van der Waals surface area (Å²) < 4.78 is 27.5. The van der Waals surface area contributed by atoms with E-state index < -0.39 is 35.5 Å². The van der Waals surface area contributed by atoms with Crippen molar-refractivity contribution >= 4 is 17.7 Å². The van der Waals surface area contributed by atoms with Crippen molar-refractivity contribution in [3.05, 3.63) is 76.1 Å². The first-order valence-corrected chi connectivity index (χ1v) is 13.2. The molecule has 212 valence electrons. The first-order chi connectivity index (χ1) is 19.3. The predicted molar refractivity (Wildman–Crippen MR) is 147 cm³/mol. The van der Waals surface area contributed by atoms with Crippen molar-refractivity contribution < 1.29 is 38.1 Å². The summed E-state index contributed by atoms with van der Waals surface area (Å²) in [5.74, 6) is -2.86. The largest absolute Gasteiger partial charge is 0.493 e. The van der Waals surface area contributed by atoms with Crippen LogP contribution in [0, 0.1) is 5.92 Å². The van der Waals surface area contributed by atoms with Crippen LogP contribution in [0.5, 0.6) is 17.2 Å². The molecule has 3 unspecified atom stereocenters. The smallest absolute Gasteiger partial charge is 0.336 e. The highest BCUT2D eigenvalue weighted by atomic mass is 16.5. The van der Waals surface area contributed by atoms with Gasteiger partial charge < -0.3 is 29.0 Å². The van der Waals surface area contributed by atoms with E-state index in [1.165, 1.54) is 21.3 Å². The molecular formula is C31H35NO8. The quantitative estimate of drug-likeness (QED) is 0.359. The summed E-state index contributed by atoms with van der Waals surface area (Å²) >= 11 is 0. The Hall–Kier alpha value is -4.27. The molecule has 1 N–H and O–H groups in total. The molecule has 2 aromatic rings. The third kappa shape index (κ3) is 5.15. The fourth-order valence-corrected chi connectivity index (χ4v) is 5.63. The minimum absolute atomic E-state index is 0.137. The van der Waals surface area contributed by atoms with Crippen LogP contribution in [0.25, 0.3) is 0 Å². The van der Waals surface area contributed by atoms with Crippen molar-refractivity contribution in [2.24, 2.45) is 5.92 Å². The van der Waals surface area contributed by atoms with Crippen molar-refractivity contribution in [2.75, 3.05) is 34.5 Å². The van der Waals surface area contributed by atoms with Crippen LogP contribution < -0.4 is 19.5 Å². The molecule has 0 bridgehead atoms. The Morgan fingerprint density at radius 1 is 0.900 bits per heavy atom. The lowest BCUT2D eigenvalue weighted by Crippen LogP contribution is -2.43. The average molecular weight is 550 g/mol. The topological polar surface area (TPSA) is 109 Å². The summed E-state index contributed by atoms with van der Waals surface area (Å²) in [5.41, 5.74) is 3.19. The number of ether oxygens (including phenoxy) is 5. The Kier molecular flexibility index (Phi) is 8.82. The van der Waals surface area contributed by atoms with Gasteiger partial charge in [-0.25, -0.2) is 4.79 Å². The van der Waals surface area contributed by atoms with Gasteiger partial charge in [0.15, 0.2) is 17.3 Å². The van der Waals surface area contributed by atoms with E-state index >= 15 is 0 Å². The second-order valence-electron chi connectivity index (χ2n) is 9.48. The van der Waals surface area contributed by atoms with Crippen LogP contribution in [0.4, 0.5) is 0 Å². The molecular weight excluding hydrogens is 514 g/mol. The molecule has 3 atom stereocenters. The summed E-state index contributed by atoms with van der Waals surface area (Å²) in [6, 6.07) is 12.9. The molecule has 9 nitrogen and oxygen atoms in total. The van der Waals surface area contributed by atoms with Crippen LogP contribution >= 0.6 is 0 Å². The van der Waals surface area contributed by atoms with Gasteiger partial charge in [0.05, 0.1) is 40.1 Å². The molecule has 9 heteroatoms. The van der Waals surface area contributed by atoms with Crippen LogP contribution in [0.3, 0.4) is 0 Å². The van der Waals surface area contributed by atoms with E-state index in [1.54, 1.807) is 32.9 Å². The van der Waals surface area contributed by atoms with E-state index in [2.05, 4.69) is 5.32 Å². The lowest BCUT2D eigenvalue weighted by molar-refractivity contribution is -0.152. The van der Waals surface area contributed by atoms with Gasteiger partial charge in [-0.1, -0.05) is 30.3 Å². The number of benzene rings is 2. The van der Waals surface area contributed by atoms with Gasteiger partial charge in [0.25, 0.3) is 0 Å². The normalized spacial score (nSPS) is 20.4. The van der Waals surface area contributed by atoms with Crippen LogP contribution in [-0.2, 0) is 23.9 Å². The lowest BCUT2D eigenvalue weighted by Gasteiger charge is -2.39. The van der Waals surface area contributed by atoms with E-state index in [1.807, 2.05) is 30.3 Å². The highest BCUT2D eigenvalue weighted by Gasteiger charge is 2.49. The van der Waals surface area contributed by atoms with Crippen LogP contribution in [0.1, 0.15) is 50.2 Å². The summed E-state index contributed by atoms with van der Waals surface area (Å²) in [6.07, 6.45) is 0.364. The zero-order valence-corrected chi connectivity index (χ0v) is 23.7. The number of nitrogens with one attached hydrogen (secondary N) is 1. The molecule has 0 saturated heterocycles. The van der Waals surface area contributed by atoms with E-state index in [0.29, 0.717) is 46.2 Å². The molecule has 1 heterocycles. The lowest BCUT2D eigenvalue weighted by atomic mass is 9.67. The minimum Gasteiger partial charge on any atom is -0.493 e. The number of ketones is 1. The molecule has 1 aliphatic heterocycles. The standard InChI is InChI=1S/C31H35NO8/c1-7-39-30(34)24-17(3)32-21-16-20(18-12-10-9-11-13-18)26(31(35)40-8-2)28(33)27(21)25(24)19-14-22(36-4)29(38-6)23(15-19)37-5/h9-15,20,25-26,32H,7-8,16H2,1-6H3. The molecule has 0 spiro atoms. The minimum atomic E-state index is -1.09. The van der Waals surface area contributed by atoms with Crippen LogP contribution in [0.15, 0.2) is 65.0 Å². The molecule has 0 saturated carbocycles. The fourth-order valence-electron chi connectivity index (χ4n) is 5.63. The number of allylic oxidation sites excluding steroid dienone is 3. The third-order valence-corrected chi connectivity index (χ3v) is 7.30. The van der Waals surface area contributed by atoms with Gasteiger partial charge in [0.1, 0.15) is 5.92 Å². The first kappa shape index (κ1) is 28.7. The van der Waals surface area contributed by atoms with Crippen molar-refractivity contribution in [3.8, 4) is 17.2 Å². The number of carbonyl (C=O) groups is 3. The van der Waals surface area contributed by atoms with E-state index in [4.69, 9.17) is 23.7 Å². The Labute approximate surface area is 234 Å². The molecule has 2 aliphatic rings. The summed E-state index contributed by atoms with van der Waals surface area (Å²) in [6.45, 7) is 5.49.